The van der Waals surface area contributed by atoms with E-state index in [1.165, 1.54) is 12.1 Å². The summed E-state index contributed by atoms with van der Waals surface area (Å²) >= 11 is 0. The highest BCUT2D eigenvalue weighted by Gasteiger charge is 2.12. The van der Waals surface area contributed by atoms with Crippen molar-refractivity contribution in [3.8, 4) is 0 Å². The molecule has 104 valence electrons. The van der Waals surface area contributed by atoms with Crippen LogP contribution in [0.2, 0.25) is 0 Å². The molecule has 0 aliphatic carbocycles. The highest BCUT2D eigenvalue weighted by molar-refractivity contribution is 6.05. The Hall–Kier alpha value is -2.82. The summed E-state index contributed by atoms with van der Waals surface area (Å²) in [5, 5.41) is 2.67. The van der Waals surface area contributed by atoms with Gasteiger partial charge < -0.3 is 5.32 Å². The van der Waals surface area contributed by atoms with Gasteiger partial charge in [0.1, 0.15) is 5.82 Å². The van der Waals surface area contributed by atoms with Gasteiger partial charge in [0.15, 0.2) is 0 Å². The van der Waals surface area contributed by atoms with Crippen LogP contribution < -0.4 is 5.32 Å². The fourth-order valence-corrected chi connectivity index (χ4v) is 2.05. The number of aryl methyl sites for hydroxylation is 1. The summed E-state index contributed by atoms with van der Waals surface area (Å²) in [6.45, 7) is 1.81. The minimum atomic E-state index is -0.543. The van der Waals surface area contributed by atoms with Gasteiger partial charge >= 0.3 is 0 Å². The topological polar surface area (TPSA) is 54.9 Å². The van der Waals surface area contributed by atoms with E-state index in [0.717, 1.165) is 11.1 Å². The number of rotatable bonds is 2. The van der Waals surface area contributed by atoms with Gasteiger partial charge in [0.05, 0.1) is 16.6 Å². The molecule has 0 saturated carbocycles. The maximum absolute atomic E-state index is 13.7. The summed E-state index contributed by atoms with van der Waals surface area (Å²) in [7, 11) is 0. The van der Waals surface area contributed by atoms with E-state index in [1.807, 2.05) is 6.92 Å². The number of nitrogens with zero attached hydrogens (tertiary/aromatic N) is 2. The maximum Gasteiger partial charge on any atom is 0.258 e. The summed E-state index contributed by atoms with van der Waals surface area (Å²) in [5.41, 5.74) is 2.80. The second kappa shape index (κ2) is 5.28. The molecule has 0 radical (unpaired) electrons. The van der Waals surface area contributed by atoms with Crippen LogP contribution in [0.5, 0.6) is 0 Å². The van der Waals surface area contributed by atoms with Crippen molar-refractivity contribution in [3.05, 3.63) is 65.7 Å². The molecule has 0 unspecified atom stereocenters. The first-order valence-corrected chi connectivity index (χ1v) is 6.42. The predicted molar refractivity (Wildman–Crippen MR) is 78.6 cm³/mol. The van der Waals surface area contributed by atoms with E-state index in [4.69, 9.17) is 0 Å². The molecule has 0 aliphatic rings. The molecule has 5 heteroatoms. The van der Waals surface area contributed by atoms with Gasteiger partial charge in [0.25, 0.3) is 5.91 Å². The van der Waals surface area contributed by atoms with E-state index in [0.29, 0.717) is 11.2 Å². The van der Waals surface area contributed by atoms with Gasteiger partial charge in [-0.3, -0.25) is 14.8 Å². The minimum absolute atomic E-state index is 0.0224. The lowest BCUT2D eigenvalue weighted by molar-refractivity contribution is 0.102. The molecule has 3 rings (SSSR count). The molecular formula is C16H12FN3O. The average molecular weight is 281 g/mol. The predicted octanol–water partition coefficient (Wildman–Crippen LogP) is 3.33. The van der Waals surface area contributed by atoms with Crippen LogP contribution in [0.3, 0.4) is 0 Å². The number of carbonyl (C=O) groups excluding carboxylic acids is 1. The lowest BCUT2D eigenvalue weighted by atomic mass is 10.1. The summed E-state index contributed by atoms with van der Waals surface area (Å²) in [5.74, 6) is -1.03. The Labute approximate surface area is 120 Å². The Kier molecular flexibility index (Phi) is 3.31. The molecule has 1 amide bonds. The molecular weight excluding hydrogens is 269 g/mol. The van der Waals surface area contributed by atoms with Gasteiger partial charge in [-0.05, 0) is 37.3 Å². The molecule has 0 atom stereocenters. The summed E-state index contributed by atoms with van der Waals surface area (Å²) in [4.78, 5) is 20.5. The van der Waals surface area contributed by atoms with Crippen LogP contribution in [-0.4, -0.2) is 15.9 Å². The number of fused-ring (bicyclic) bond motifs is 1. The Morgan fingerprint density at radius 1 is 1.05 bits per heavy atom. The lowest BCUT2D eigenvalue weighted by Crippen LogP contribution is -2.14. The van der Waals surface area contributed by atoms with Crippen molar-refractivity contribution in [3.63, 3.8) is 0 Å². The smallest absolute Gasteiger partial charge is 0.258 e. The monoisotopic (exact) mass is 281 g/mol. The first kappa shape index (κ1) is 13.2. The van der Waals surface area contributed by atoms with Gasteiger partial charge in [-0.15, -0.1) is 0 Å². The van der Waals surface area contributed by atoms with Gasteiger partial charge in [0.2, 0.25) is 0 Å². The van der Waals surface area contributed by atoms with Crippen LogP contribution in [0, 0.1) is 12.7 Å². The van der Waals surface area contributed by atoms with Crippen LogP contribution >= 0.6 is 0 Å². The standard InChI is InChI=1S/C16H12FN3O/c1-10-2-4-13(17)12(8-10)16(21)20-11-3-5-14-15(9-11)19-7-6-18-14/h2-9H,1H3,(H,20,21). The third kappa shape index (κ3) is 2.72. The maximum atomic E-state index is 13.7. The zero-order valence-electron chi connectivity index (χ0n) is 11.3. The molecule has 1 aromatic heterocycles. The van der Waals surface area contributed by atoms with Crippen LogP contribution in [0.15, 0.2) is 48.8 Å². The Bertz CT molecular complexity index is 833. The van der Waals surface area contributed by atoms with Crippen molar-refractivity contribution in [2.75, 3.05) is 5.32 Å². The third-order valence-corrected chi connectivity index (χ3v) is 3.09. The molecule has 3 aromatic rings. The molecule has 1 N–H and O–H groups in total. The van der Waals surface area contributed by atoms with Crippen LogP contribution in [0.4, 0.5) is 10.1 Å². The van der Waals surface area contributed by atoms with E-state index >= 15 is 0 Å². The average Bonchev–Trinajstić information content (AvgIpc) is 2.49. The van der Waals surface area contributed by atoms with Gasteiger partial charge in [-0.2, -0.15) is 0 Å². The SMILES string of the molecule is Cc1ccc(F)c(C(=O)Nc2ccc3nccnc3c2)c1. The van der Waals surface area contributed by atoms with Crippen molar-refractivity contribution in [1.82, 2.24) is 9.97 Å². The number of aromatic nitrogens is 2. The summed E-state index contributed by atoms with van der Waals surface area (Å²) in [6, 6.07) is 9.60. The van der Waals surface area contributed by atoms with E-state index in [9.17, 15) is 9.18 Å². The van der Waals surface area contributed by atoms with Gasteiger partial charge in [-0.1, -0.05) is 11.6 Å². The van der Waals surface area contributed by atoms with Gasteiger partial charge in [0, 0.05) is 18.1 Å². The third-order valence-electron chi connectivity index (χ3n) is 3.09. The minimum Gasteiger partial charge on any atom is -0.322 e. The number of anilines is 1. The highest BCUT2D eigenvalue weighted by Crippen LogP contribution is 2.17. The number of carbonyl (C=O) groups is 1. The Morgan fingerprint density at radius 3 is 2.62 bits per heavy atom. The quantitative estimate of drug-likeness (QED) is 0.784. The summed E-state index contributed by atoms with van der Waals surface area (Å²) < 4.78 is 13.7. The number of hydrogen-bond acceptors (Lipinski definition) is 3. The summed E-state index contributed by atoms with van der Waals surface area (Å²) in [6.07, 6.45) is 3.18. The second-order valence-electron chi connectivity index (χ2n) is 4.70. The number of nitrogens with one attached hydrogen (secondary N) is 1. The number of halogens is 1. The highest BCUT2D eigenvalue weighted by atomic mass is 19.1. The Balaban J connectivity index is 1.90. The lowest BCUT2D eigenvalue weighted by Gasteiger charge is -2.07. The van der Waals surface area contributed by atoms with E-state index in [2.05, 4.69) is 15.3 Å². The number of benzene rings is 2. The Morgan fingerprint density at radius 2 is 1.81 bits per heavy atom. The largest absolute Gasteiger partial charge is 0.322 e. The first-order chi connectivity index (χ1) is 10.1. The van der Waals surface area contributed by atoms with Crippen molar-refractivity contribution < 1.29 is 9.18 Å². The van der Waals surface area contributed by atoms with Crippen LogP contribution in [0.25, 0.3) is 11.0 Å². The molecule has 0 spiro atoms. The van der Waals surface area contributed by atoms with Crippen molar-refractivity contribution in [2.24, 2.45) is 0 Å². The fraction of sp³-hybridized carbons (Fsp3) is 0.0625. The molecule has 0 fully saturated rings. The van der Waals surface area contributed by atoms with Crippen LogP contribution in [-0.2, 0) is 0 Å². The van der Waals surface area contributed by atoms with E-state index < -0.39 is 11.7 Å². The zero-order chi connectivity index (χ0) is 14.8. The van der Waals surface area contributed by atoms with Gasteiger partial charge in [-0.25, -0.2) is 4.39 Å². The van der Waals surface area contributed by atoms with E-state index in [-0.39, 0.29) is 5.56 Å². The van der Waals surface area contributed by atoms with Crippen molar-refractivity contribution in [2.45, 2.75) is 6.92 Å². The molecule has 2 aromatic carbocycles. The molecule has 1 heterocycles. The van der Waals surface area contributed by atoms with Crippen molar-refractivity contribution >= 4 is 22.6 Å². The van der Waals surface area contributed by atoms with Crippen LogP contribution in [0.1, 0.15) is 15.9 Å². The van der Waals surface area contributed by atoms with E-state index in [1.54, 1.807) is 36.7 Å². The zero-order valence-corrected chi connectivity index (χ0v) is 11.3. The second-order valence-corrected chi connectivity index (χ2v) is 4.70. The molecule has 21 heavy (non-hydrogen) atoms. The number of amides is 1. The normalized spacial score (nSPS) is 10.6. The molecule has 0 aliphatic heterocycles. The fourth-order valence-electron chi connectivity index (χ4n) is 2.05. The molecule has 4 nitrogen and oxygen atoms in total. The molecule has 0 saturated heterocycles. The van der Waals surface area contributed by atoms with Crippen molar-refractivity contribution in [1.29, 1.82) is 0 Å². The number of hydrogen-bond donors (Lipinski definition) is 1. The first-order valence-electron chi connectivity index (χ1n) is 6.42. The molecule has 0 bridgehead atoms.